The maximum absolute atomic E-state index is 5.69. The second-order valence-electron chi connectivity index (χ2n) is 3.25. The molecule has 0 atom stereocenters. The number of halogens is 1. The largest absolute Gasteiger partial charge is 0.472 e. The highest BCUT2D eigenvalue weighted by Crippen LogP contribution is 2.13. The van der Waals surface area contributed by atoms with Gasteiger partial charge in [0, 0.05) is 19.2 Å². The van der Waals surface area contributed by atoms with E-state index >= 15 is 0 Å². The van der Waals surface area contributed by atoms with Gasteiger partial charge in [-0.15, -0.1) is 0 Å². The van der Waals surface area contributed by atoms with Crippen LogP contribution in [0.3, 0.4) is 0 Å². The Morgan fingerprint density at radius 3 is 2.88 bits per heavy atom. The molecular formula is C9H10ClN5O. The van der Waals surface area contributed by atoms with Gasteiger partial charge in [0.1, 0.15) is 0 Å². The van der Waals surface area contributed by atoms with Crippen LogP contribution in [-0.4, -0.2) is 22.0 Å². The summed E-state index contributed by atoms with van der Waals surface area (Å²) in [5.74, 6) is 0.535. The number of aromatic nitrogens is 3. The Labute approximate surface area is 97.1 Å². The summed E-state index contributed by atoms with van der Waals surface area (Å²) in [4.78, 5) is 13.4. The number of nitrogen functional groups attached to an aromatic ring is 1. The highest BCUT2D eigenvalue weighted by atomic mass is 35.5. The first kappa shape index (κ1) is 10.7. The van der Waals surface area contributed by atoms with Crippen LogP contribution in [0.25, 0.3) is 0 Å². The lowest BCUT2D eigenvalue weighted by molar-refractivity contribution is 0.563. The number of rotatable bonds is 3. The molecular weight excluding hydrogens is 230 g/mol. The number of hydrogen-bond acceptors (Lipinski definition) is 6. The molecule has 0 unspecified atom stereocenters. The summed E-state index contributed by atoms with van der Waals surface area (Å²) in [5, 5.41) is 0.0848. The van der Waals surface area contributed by atoms with Gasteiger partial charge < -0.3 is 15.1 Å². The summed E-state index contributed by atoms with van der Waals surface area (Å²) in [7, 11) is 1.83. The average Bonchev–Trinajstić information content (AvgIpc) is 2.68. The lowest BCUT2D eigenvalue weighted by atomic mass is 10.3. The number of nitrogens with two attached hydrogens (primary N) is 1. The molecule has 0 aliphatic carbocycles. The molecule has 84 valence electrons. The molecule has 2 aromatic heterocycles. The first-order valence-electron chi connectivity index (χ1n) is 4.54. The molecule has 0 spiro atoms. The summed E-state index contributed by atoms with van der Waals surface area (Å²) in [6.07, 6.45) is 3.26. The Morgan fingerprint density at radius 2 is 2.25 bits per heavy atom. The second-order valence-corrected chi connectivity index (χ2v) is 3.59. The van der Waals surface area contributed by atoms with Gasteiger partial charge in [0.25, 0.3) is 0 Å². The van der Waals surface area contributed by atoms with Crippen LogP contribution in [-0.2, 0) is 6.54 Å². The molecule has 0 aromatic carbocycles. The zero-order chi connectivity index (χ0) is 11.5. The van der Waals surface area contributed by atoms with Gasteiger partial charge in [-0.3, -0.25) is 0 Å². The van der Waals surface area contributed by atoms with Crippen LogP contribution < -0.4 is 10.6 Å². The van der Waals surface area contributed by atoms with Gasteiger partial charge in [0.15, 0.2) is 0 Å². The predicted octanol–water partition coefficient (Wildman–Crippen LogP) is 1.34. The van der Waals surface area contributed by atoms with E-state index in [4.69, 9.17) is 21.8 Å². The van der Waals surface area contributed by atoms with Gasteiger partial charge in [0.2, 0.25) is 17.2 Å². The van der Waals surface area contributed by atoms with E-state index < -0.39 is 0 Å². The third-order valence-corrected chi connectivity index (χ3v) is 2.12. The van der Waals surface area contributed by atoms with E-state index in [9.17, 15) is 0 Å². The fourth-order valence-corrected chi connectivity index (χ4v) is 1.41. The summed E-state index contributed by atoms with van der Waals surface area (Å²) in [6.45, 7) is 0.607. The van der Waals surface area contributed by atoms with Crippen molar-refractivity contribution in [3.63, 3.8) is 0 Å². The van der Waals surface area contributed by atoms with E-state index in [-0.39, 0.29) is 11.2 Å². The van der Waals surface area contributed by atoms with Gasteiger partial charge in [0.05, 0.1) is 12.5 Å². The second kappa shape index (κ2) is 4.36. The van der Waals surface area contributed by atoms with Crippen LogP contribution >= 0.6 is 11.6 Å². The molecule has 0 fully saturated rings. The summed E-state index contributed by atoms with van der Waals surface area (Å²) >= 11 is 5.69. The highest BCUT2D eigenvalue weighted by Gasteiger charge is 2.08. The lowest BCUT2D eigenvalue weighted by Gasteiger charge is -2.15. The lowest BCUT2D eigenvalue weighted by Crippen LogP contribution is -2.19. The van der Waals surface area contributed by atoms with E-state index in [1.165, 1.54) is 0 Å². The Morgan fingerprint density at radius 1 is 1.44 bits per heavy atom. The number of hydrogen-bond donors (Lipinski definition) is 1. The van der Waals surface area contributed by atoms with Crippen LogP contribution in [0.5, 0.6) is 0 Å². The third kappa shape index (κ3) is 2.40. The Hall–Kier alpha value is -1.82. The fraction of sp³-hybridized carbons (Fsp3) is 0.222. The molecule has 2 rings (SSSR count). The first-order valence-corrected chi connectivity index (χ1v) is 4.92. The highest BCUT2D eigenvalue weighted by molar-refractivity contribution is 6.28. The topological polar surface area (TPSA) is 81.1 Å². The smallest absolute Gasteiger partial charge is 0.231 e. The average molecular weight is 240 g/mol. The molecule has 2 heterocycles. The minimum absolute atomic E-state index is 0.0848. The van der Waals surface area contributed by atoms with Gasteiger partial charge in [-0.25, -0.2) is 0 Å². The SMILES string of the molecule is CN(Cc1ccoc1)c1nc(N)nc(Cl)n1. The van der Waals surface area contributed by atoms with Crippen molar-refractivity contribution in [2.24, 2.45) is 0 Å². The first-order chi connectivity index (χ1) is 7.65. The molecule has 0 aliphatic heterocycles. The molecule has 2 N–H and O–H groups in total. The van der Waals surface area contributed by atoms with E-state index in [1.54, 1.807) is 17.4 Å². The summed E-state index contributed by atoms with van der Waals surface area (Å²) in [6, 6.07) is 1.86. The van der Waals surface area contributed by atoms with Gasteiger partial charge in [-0.2, -0.15) is 15.0 Å². The molecule has 6 nitrogen and oxygen atoms in total. The van der Waals surface area contributed by atoms with Crippen molar-refractivity contribution >= 4 is 23.5 Å². The normalized spacial score (nSPS) is 10.4. The van der Waals surface area contributed by atoms with Crippen molar-refractivity contribution in [1.82, 2.24) is 15.0 Å². The molecule has 0 radical (unpaired) electrons. The zero-order valence-corrected chi connectivity index (χ0v) is 9.35. The number of furan rings is 1. The Balaban J connectivity index is 2.17. The van der Waals surface area contributed by atoms with Crippen LogP contribution in [0.4, 0.5) is 11.9 Å². The molecule has 0 saturated heterocycles. The molecule has 7 heteroatoms. The monoisotopic (exact) mass is 239 g/mol. The fourth-order valence-electron chi connectivity index (χ4n) is 1.25. The quantitative estimate of drug-likeness (QED) is 0.871. The van der Waals surface area contributed by atoms with Gasteiger partial charge in [-0.1, -0.05) is 0 Å². The van der Waals surface area contributed by atoms with Crippen molar-refractivity contribution in [2.75, 3.05) is 17.7 Å². The van der Waals surface area contributed by atoms with E-state index in [1.807, 2.05) is 13.1 Å². The predicted molar refractivity (Wildman–Crippen MR) is 60.1 cm³/mol. The van der Waals surface area contributed by atoms with E-state index in [0.717, 1.165) is 5.56 Å². The number of nitrogens with zero attached hydrogens (tertiary/aromatic N) is 4. The molecule has 0 aliphatic rings. The van der Waals surface area contributed by atoms with E-state index in [2.05, 4.69) is 15.0 Å². The van der Waals surface area contributed by atoms with Crippen molar-refractivity contribution in [2.45, 2.75) is 6.54 Å². The maximum atomic E-state index is 5.69. The standard InChI is InChI=1S/C9H10ClN5O/c1-15(4-6-2-3-16-5-6)9-13-7(10)12-8(11)14-9/h2-3,5H,4H2,1H3,(H2,11,12,13,14). The van der Waals surface area contributed by atoms with Crippen molar-refractivity contribution in [1.29, 1.82) is 0 Å². The van der Waals surface area contributed by atoms with Crippen molar-refractivity contribution < 1.29 is 4.42 Å². The van der Waals surface area contributed by atoms with Crippen LogP contribution in [0.15, 0.2) is 23.0 Å². The van der Waals surface area contributed by atoms with Crippen LogP contribution in [0, 0.1) is 0 Å². The van der Waals surface area contributed by atoms with Crippen LogP contribution in [0.2, 0.25) is 5.28 Å². The summed E-state index contributed by atoms with van der Waals surface area (Å²) < 4.78 is 4.97. The minimum Gasteiger partial charge on any atom is -0.472 e. The Bertz CT molecular complexity index is 453. The molecule has 0 bridgehead atoms. The molecule has 0 amide bonds. The zero-order valence-electron chi connectivity index (χ0n) is 8.59. The van der Waals surface area contributed by atoms with Crippen molar-refractivity contribution in [3.05, 3.63) is 29.4 Å². The maximum Gasteiger partial charge on any atom is 0.231 e. The van der Waals surface area contributed by atoms with Gasteiger partial charge >= 0.3 is 0 Å². The van der Waals surface area contributed by atoms with Gasteiger partial charge in [-0.05, 0) is 17.7 Å². The molecule has 0 saturated carbocycles. The molecule has 2 aromatic rings. The van der Waals surface area contributed by atoms with E-state index in [0.29, 0.717) is 12.5 Å². The van der Waals surface area contributed by atoms with Crippen molar-refractivity contribution in [3.8, 4) is 0 Å². The Kier molecular flexibility index (Phi) is 2.91. The molecule has 16 heavy (non-hydrogen) atoms. The summed E-state index contributed by atoms with van der Waals surface area (Å²) in [5.41, 5.74) is 6.49. The number of anilines is 2. The minimum atomic E-state index is 0.0848. The van der Waals surface area contributed by atoms with Crippen LogP contribution in [0.1, 0.15) is 5.56 Å². The third-order valence-electron chi connectivity index (χ3n) is 1.95.